The van der Waals surface area contributed by atoms with Crippen molar-refractivity contribution in [3.8, 4) is 5.75 Å². The SMILES string of the molecule is COc1cc(F)ccc1[C@H](O)[C@@H](C)N. The van der Waals surface area contributed by atoms with Gasteiger partial charge in [0.25, 0.3) is 0 Å². The quantitative estimate of drug-likeness (QED) is 0.769. The van der Waals surface area contributed by atoms with Crippen LogP contribution >= 0.6 is 0 Å². The van der Waals surface area contributed by atoms with Crippen molar-refractivity contribution in [3.63, 3.8) is 0 Å². The van der Waals surface area contributed by atoms with Crippen molar-refractivity contribution in [2.75, 3.05) is 7.11 Å². The average Bonchev–Trinajstić information content (AvgIpc) is 2.16. The third-order valence-electron chi connectivity index (χ3n) is 2.01. The minimum Gasteiger partial charge on any atom is -0.496 e. The number of hydrogen-bond donors (Lipinski definition) is 2. The zero-order chi connectivity index (χ0) is 10.7. The van der Waals surface area contributed by atoms with Crippen LogP contribution < -0.4 is 10.5 Å². The summed E-state index contributed by atoms with van der Waals surface area (Å²) in [5.41, 5.74) is 6.03. The number of rotatable bonds is 3. The lowest BCUT2D eigenvalue weighted by atomic mass is 10.0. The van der Waals surface area contributed by atoms with Gasteiger partial charge in [0.2, 0.25) is 0 Å². The molecule has 0 saturated heterocycles. The summed E-state index contributed by atoms with van der Waals surface area (Å²) in [5, 5.41) is 9.67. The third-order valence-corrected chi connectivity index (χ3v) is 2.01. The molecule has 0 fully saturated rings. The second kappa shape index (κ2) is 4.39. The van der Waals surface area contributed by atoms with Gasteiger partial charge in [-0.2, -0.15) is 0 Å². The maximum absolute atomic E-state index is 12.8. The highest BCUT2D eigenvalue weighted by Gasteiger charge is 2.17. The van der Waals surface area contributed by atoms with Crippen molar-refractivity contribution >= 4 is 0 Å². The Balaban J connectivity index is 3.07. The normalized spacial score (nSPS) is 14.9. The second-order valence-electron chi connectivity index (χ2n) is 3.19. The van der Waals surface area contributed by atoms with E-state index in [-0.39, 0.29) is 0 Å². The molecular weight excluding hydrogens is 185 g/mol. The van der Waals surface area contributed by atoms with Gasteiger partial charge in [0, 0.05) is 17.7 Å². The standard InChI is InChI=1S/C10H14FNO2/c1-6(12)10(13)8-4-3-7(11)5-9(8)14-2/h3-6,10,13H,12H2,1-2H3/t6-,10-/m1/s1. The fourth-order valence-corrected chi connectivity index (χ4v) is 1.21. The Morgan fingerprint density at radius 3 is 2.64 bits per heavy atom. The highest BCUT2D eigenvalue weighted by molar-refractivity contribution is 5.36. The average molecular weight is 199 g/mol. The van der Waals surface area contributed by atoms with Crippen LogP contribution in [0.5, 0.6) is 5.75 Å². The van der Waals surface area contributed by atoms with Crippen LogP contribution in [-0.4, -0.2) is 18.3 Å². The molecule has 0 aliphatic heterocycles. The summed E-state index contributed by atoms with van der Waals surface area (Å²) in [6.07, 6.45) is -0.842. The van der Waals surface area contributed by atoms with Crippen molar-refractivity contribution in [1.82, 2.24) is 0 Å². The third kappa shape index (κ3) is 2.21. The first kappa shape index (κ1) is 10.9. The topological polar surface area (TPSA) is 55.5 Å². The Morgan fingerprint density at radius 2 is 2.14 bits per heavy atom. The van der Waals surface area contributed by atoms with E-state index in [1.54, 1.807) is 6.92 Å². The number of aliphatic hydroxyl groups excluding tert-OH is 1. The number of nitrogens with two attached hydrogens (primary N) is 1. The molecule has 1 aromatic rings. The van der Waals surface area contributed by atoms with Crippen LogP contribution in [0.15, 0.2) is 18.2 Å². The van der Waals surface area contributed by atoms with Gasteiger partial charge in [0.1, 0.15) is 11.6 Å². The van der Waals surface area contributed by atoms with Gasteiger partial charge in [-0.15, -0.1) is 0 Å². The fraction of sp³-hybridized carbons (Fsp3) is 0.400. The number of methoxy groups -OCH3 is 1. The zero-order valence-corrected chi connectivity index (χ0v) is 8.20. The van der Waals surface area contributed by atoms with Crippen LogP contribution in [0.1, 0.15) is 18.6 Å². The molecule has 78 valence electrons. The largest absolute Gasteiger partial charge is 0.496 e. The molecule has 4 heteroatoms. The lowest BCUT2D eigenvalue weighted by Crippen LogP contribution is -2.24. The number of benzene rings is 1. The molecular formula is C10H14FNO2. The Morgan fingerprint density at radius 1 is 1.50 bits per heavy atom. The Bertz CT molecular complexity index is 315. The lowest BCUT2D eigenvalue weighted by molar-refractivity contribution is 0.149. The summed E-state index contributed by atoms with van der Waals surface area (Å²) < 4.78 is 17.7. The van der Waals surface area contributed by atoms with Crippen LogP contribution in [0.3, 0.4) is 0 Å². The van der Waals surface area contributed by atoms with Crippen molar-refractivity contribution < 1.29 is 14.2 Å². The Hall–Kier alpha value is -1.13. The smallest absolute Gasteiger partial charge is 0.127 e. The Kier molecular flexibility index (Phi) is 3.43. The molecule has 0 saturated carbocycles. The molecule has 0 radical (unpaired) electrons. The van der Waals surface area contributed by atoms with E-state index in [0.717, 1.165) is 0 Å². The minimum absolute atomic E-state index is 0.315. The molecule has 0 aromatic heterocycles. The summed E-state index contributed by atoms with van der Waals surface area (Å²) in [7, 11) is 1.42. The van der Waals surface area contributed by atoms with Crippen LogP contribution in [0.25, 0.3) is 0 Å². The first-order valence-electron chi connectivity index (χ1n) is 4.33. The molecule has 3 nitrogen and oxygen atoms in total. The molecule has 0 unspecified atom stereocenters. The van der Waals surface area contributed by atoms with Crippen LogP contribution in [0.2, 0.25) is 0 Å². The number of ether oxygens (including phenoxy) is 1. The van der Waals surface area contributed by atoms with Crippen molar-refractivity contribution in [3.05, 3.63) is 29.6 Å². The van der Waals surface area contributed by atoms with Crippen LogP contribution in [-0.2, 0) is 0 Å². The summed E-state index contributed by atoms with van der Waals surface area (Å²) in [6, 6.07) is 3.54. The molecule has 14 heavy (non-hydrogen) atoms. The van der Waals surface area contributed by atoms with Gasteiger partial charge in [-0.05, 0) is 19.1 Å². The maximum Gasteiger partial charge on any atom is 0.127 e. The van der Waals surface area contributed by atoms with E-state index >= 15 is 0 Å². The van der Waals surface area contributed by atoms with Gasteiger partial charge in [-0.25, -0.2) is 4.39 Å². The molecule has 1 aromatic carbocycles. The van der Waals surface area contributed by atoms with Gasteiger partial charge >= 0.3 is 0 Å². The maximum atomic E-state index is 12.8. The summed E-state index contributed by atoms with van der Waals surface area (Å²) in [5.74, 6) is -0.0859. The molecule has 0 amide bonds. The first-order chi connectivity index (χ1) is 6.56. The molecule has 2 atom stereocenters. The van der Waals surface area contributed by atoms with Gasteiger partial charge < -0.3 is 15.6 Å². The predicted octanol–water partition coefficient (Wildman–Crippen LogP) is 1.21. The zero-order valence-electron chi connectivity index (χ0n) is 8.20. The van der Waals surface area contributed by atoms with Crippen molar-refractivity contribution in [2.45, 2.75) is 19.1 Å². The predicted molar refractivity (Wildman–Crippen MR) is 51.6 cm³/mol. The van der Waals surface area contributed by atoms with E-state index in [1.165, 1.54) is 25.3 Å². The van der Waals surface area contributed by atoms with Gasteiger partial charge in [-0.1, -0.05) is 0 Å². The summed E-state index contributed by atoms with van der Waals surface area (Å²) in [4.78, 5) is 0. The summed E-state index contributed by atoms with van der Waals surface area (Å²) >= 11 is 0. The van der Waals surface area contributed by atoms with E-state index < -0.39 is 18.0 Å². The lowest BCUT2D eigenvalue weighted by Gasteiger charge is -2.17. The van der Waals surface area contributed by atoms with Crippen LogP contribution in [0.4, 0.5) is 4.39 Å². The van der Waals surface area contributed by atoms with E-state index in [9.17, 15) is 9.50 Å². The highest BCUT2D eigenvalue weighted by Crippen LogP contribution is 2.27. The highest BCUT2D eigenvalue weighted by atomic mass is 19.1. The second-order valence-corrected chi connectivity index (χ2v) is 3.19. The van der Waals surface area contributed by atoms with Crippen molar-refractivity contribution in [2.24, 2.45) is 5.73 Å². The van der Waals surface area contributed by atoms with E-state index in [1.807, 2.05) is 0 Å². The number of hydrogen-bond acceptors (Lipinski definition) is 3. The van der Waals surface area contributed by atoms with Crippen molar-refractivity contribution in [1.29, 1.82) is 0 Å². The molecule has 0 aliphatic carbocycles. The van der Waals surface area contributed by atoms with E-state index in [4.69, 9.17) is 10.5 Å². The first-order valence-corrected chi connectivity index (χ1v) is 4.33. The Labute approximate surface area is 82.3 Å². The van der Waals surface area contributed by atoms with E-state index in [2.05, 4.69) is 0 Å². The summed E-state index contributed by atoms with van der Waals surface area (Å²) in [6.45, 7) is 1.67. The van der Waals surface area contributed by atoms with Gasteiger partial charge in [0.05, 0.1) is 13.2 Å². The fourth-order valence-electron chi connectivity index (χ4n) is 1.21. The van der Waals surface area contributed by atoms with Crippen LogP contribution in [0, 0.1) is 5.82 Å². The number of halogens is 1. The molecule has 0 bridgehead atoms. The molecule has 0 spiro atoms. The van der Waals surface area contributed by atoms with Gasteiger partial charge in [0.15, 0.2) is 0 Å². The molecule has 0 aliphatic rings. The number of aliphatic hydroxyl groups is 1. The van der Waals surface area contributed by atoms with E-state index in [0.29, 0.717) is 11.3 Å². The van der Waals surface area contributed by atoms with Gasteiger partial charge in [-0.3, -0.25) is 0 Å². The molecule has 3 N–H and O–H groups in total. The minimum atomic E-state index is -0.842. The monoisotopic (exact) mass is 199 g/mol. The molecule has 0 heterocycles. The molecule has 1 rings (SSSR count).